The molecule has 27 heavy (non-hydrogen) atoms. The third-order valence-electron chi connectivity index (χ3n) is 6.32. The van der Waals surface area contributed by atoms with Crippen LogP contribution in [0, 0.1) is 0 Å². The van der Waals surface area contributed by atoms with E-state index < -0.39 is 0 Å². The SMILES string of the molecule is O[C@H](CN1CCC(N[C@@H]2CCCC[C@H]2O)CC1)Cn1ccc2ccccc21. The Kier molecular flexibility index (Phi) is 6.13. The molecule has 1 saturated heterocycles. The van der Waals surface area contributed by atoms with Crippen molar-refractivity contribution >= 4 is 10.9 Å². The minimum Gasteiger partial charge on any atom is -0.392 e. The lowest BCUT2D eigenvalue weighted by Gasteiger charge is -2.37. The Morgan fingerprint density at radius 3 is 2.59 bits per heavy atom. The zero-order valence-corrected chi connectivity index (χ0v) is 16.1. The quantitative estimate of drug-likeness (QED) is 0.730. The van der Waals surface area contributed by atoms with Crippen LogP contribution in [-0.2, 0) is 6.54 Å². The molecule has 2 aromatic rings. The molecule has 0 radical (unpaired) electrons. The number of hydrogen-bond acceptors (Lipinski definition) is 4. The van der Waals surface area contributed by atoms with E-state index in [1.165, 1.54) is 17.3 Å². The average molecular weight is 372 g/mol. The topological polar surface area (TPSA) is 60.7 Å². The second-order valence-electron chi connectivity index (χ2n) is 8.38. The van der Waals surface area contributed by atoms with Gasteiger partial charge in [-0.3, -0.25) is 0 Å². The first kappa shape index (κ1) is 18.9. The minimum atomic E-state index is -0.356. The summed E-state index contributed by atoms with van der Waals surface area (Å²) in [6, 6.07) is 11.2. The Bertz CT molecular complexity index is 723. The van der Waals surface area contributed by atoms with Gasteiger partial charge in [0.25, 0.3) is 0 Å². The van der Waals surface area contributed by atoms with Crippen molar-refractivity contribution in [3.8, 4) is 0 Å². The van der Waals surface area contributed by atoms with Crippen molar-refractivity contribution < 1.29 is 10.2 Å². The Labute approximate surface area is 162 Å². The van der Waals surface area contributed by atoms with E-state index in [1.807, 2.05) is 12.1 Å². The van der Waals surface area contributed by atoms with Crippen LogP contribution in [0.5, 0.6) is 0 Å². The molecule has 2 heterocycles. The molecule has 2 aliphatic rings. The second-order valence-corrected chi connectivity index (χ2v) is 8.38. The van der Waals surface area contributed by atoms with Gasteiger partial charge < -0.3 is 25.0 Å². The average Bonchev–Trinajstić information content (AvgIpc) is 3.08. The van der Waals surface area contributed by atoms with Gasteiger partial charge in [-0.1, -0.05) is 31.0 Å². The summed E-state index contributed by atoms with van der Waals surface area (Å²) in [5.74, 6) is 0. The minimum absolute atomic E-state index is 0.171. The highest BCUT2D eigenvalue weighted by atomic mass is 16.3. The van der Waals surface area contributed by atoms with Crippen molar-refractivity contribution in [1.82, 2.24) is 14.8 Å². The number of benzene rings is 1. The van der Waals surface area contributed by atoms with Crippen LogP contribution in [0.15, 0.2) is 36.5 Å². The Morgan fingerprint density at radius 1 is 1.00 bits per heavy atom. The highest BCUT2D eigenvalue weighted by Gasteiger charge is 2.27. The molecule has 1 aromatic carbocycles. The summed E-state index contributed by atoms with van der Waals surface area (Å²) in [6.45, 7) is 3.40. The molecule has 1 aromatic heterocycles. The number of aliphatic hydroxyl groups is 2. The van der Waals surface area contributed by atoms with Crippen molar-refractivity contribution in [2.45, 2.75) is 69.4 Å². The molecule has 5 heteroatoms. The molecule has 5 nitrogen and oxygen atoms in total. The van der Waals surface area contributed by atoms with E-state index in [0.717, 1.165) is 51.7 Å². The lowest BCUT2D eigenvalue weighted by Crippen LogP contribution is -2.51. The maximum atomic E-state index is 10.6. The fraction of sp³-hybridized carbons (Fsp3) is 0.636. The fourth-order valence-corrected chi connectivity index (χ4v) is 4.77. The summed E-state index contributed by atoms with van der Waals surface area (Å²) in [5, 5.41) is 25.7. The van der Waals surface area contributed by atoms with Crippen LogP contribution in [0.2, 0.25) is 0 Å². The third-order valence-corrected chi connectivity index (χ3v) is 6.32. The Hall–Kier alpha value is -1.40. The number of fused-ring (bicyclic) bond motifs is 1. The van der Waals surface area contributed by atoms with Gasteiger partial charge >= 0.3 is 0 Å². The normalized spacial score (nSPS) is 26.4. The van der Waals surface area contributed by atoms with E-state index in [4.69, 9.17) is 0 Å². The van der Waals surface area contributed by atoms with Crippen LogP contribution in [-0.4, -0.2) is 63.6 Å². The first-order valence-electron chi connectivity index (χ1n) is 10.6. The van der Waals surface area contributed by atoms with Crippen LogP contribution >= 0.6 is 0 Å². The van der Waals surface area contributed by atoms with Gasteiger partial charge in [-0.15, -0.1) is 0 Å². The number of aliphatic hydroxyl groups excluding tert-OH is 2. The van der Waals surface area contributed by atoms with Crippen molar-refractivity contribution in [2.24, 2.45) is 0 Å². The van der Waals surface area contributed by atoms with Crippen molar-refractivity contribution in [3.63, 3.8) is 0 Å². The molecule has 1 saturated carbocycles. The Balaban J connectivity index is 1.23. The first-order chi connectivity index (χ1) is 13.2. The highest BCUT2D eigenvalue weighted by Crippen LogP contribution is 2.21. The van der Waals surface area contributed by atoms with Gasteiger partial charge in [-0.2, -0.15) is 0 Å². The number of para-hydroxylation sites is 1. The Morgan fingerprint density at radius 2 is 1.78 bits per heavy atom. The lowest BCUT2D eigenvalue weighted by molar-refractivity contribution is 0.0632. The number of β-amino-alcohol motifs (C(OH)–C–C–N with tert-alkyl or cyclic N) is 1. The largest absolute Gasteiger partial charge is 0.392 e. The molecule has 3 N–H and O–H groups in total. The van der Waals surface area contributed by atoms with Crippen molar-refractivity contribution in [3.05, 3.63) is 36.5 Å². The molecule has 0 spiro atoms. The van der Waals surface area contributed by atoms with E-state index in [1.54, 1.807) is 0 Å². The molecular weight excluding hydrogens is 338 g/mol. The molecule has 0 amide bonds. The molecule has 1 aliphatic carbocycles. The van der Waals surface area contributed by atoms with E-state index in [-0.39, 0.29) is 18.2 Å². The lowest BCUT2D eigenvalue weighted by atomic mass is 9.91. The fourth-order valence-electron chi connectivity index (χ4n) is 4.77. The van der Waals surface area contributed by atoms with E-state index in [2.05, 4.69) is 39.2 Å². The number of nitrogens with one attached hydrogen (secondary N) is 1. The number of rotatable bonds is 6. The number of aromatic nitrogens is 1. The van der Waals surface area contributed by atoms with Crippen LogP contribution in [0.4, 0.5) is 0 Å². The molecule has 148 valence electrons. The summed E-state index contributed by atoms with van der Waals surface area (Å²) < 4.78 is 2.15. The van der Waals surface area contributed by atoms with Gasteiger partial charge in [0.15, 0.2) is 0 Å². The smallest absolute Gasteiger partial charge is 0.0845 e. The summed E-state index contributed by atoms with van der Waals surface area (Å²) in [4.78, 5) is 2.38. The number of hydrogen-bond donors (Lipinski definition) is 3. The molecule has 1 aliphatic heterocycles. The molecular formula is C22H33N3O2. The van der Waals surface area contributed by atoms with Gasteiger partial charge in [-0.25, -0.2) is 0 Å². The molecule has 2 fully saturated rings. The predicted octanol–water partition coefficient (Wildman–Crippen LogP) is 2.36. The molecule has 3 atom stereocenters. The van der Waals surface area contributed by atoms with Crippen molar-refractivity contribution in [2.75, 3.05) is 19.6 Å². The standard InChI is InChI=1S/C22H33N3O2/c26-19(16-25-14-9-17-5-1-3-7-21(17)25)15-24-12-10-18(11-13-24)23-20-6-2-4-8-22(20)27/h1,3,5,7,9,14,18-20,22-23,26-27H,2,4,6,8,10-13,15-16H2/t19-,20-,22-/m1/s1. The van der Waals surface area contributed by atoms with Gasteiger partial charge in [0.2, 0.25) is 0 Å². The molecule has 4 rings (SSSR count). The maximum absolute atomic E-state index is 10.6. The molecule has 0 bridgehead atoms. The van der Waals surface area contributed by atoms with Crippen LogP contribution < -0.4 is 5.32 Å². The summed E-state index contributed by atoms with van der Waals surface area (Å²) in [5.41, 5.74) is 1.19. The summed E-state index contributed by atoms with van der Waals surface area (Å²) >= 11 is 0. The zero-order chi connectivity index (χ0) is 18.6. The van der Waals surface area contributed by atoms with E-state index in [0.29, 0.717) is 12.6 Å². The van der Waals surface area contributed by atoms with E-state index >= 15 is 0 Å². The highest BCUT2D eigenvalue weighted by molar-refractivity contribution is 5.79. The van der Waals surface area contributed by atoms with Crippen LogP contribution in [0.3, 0.4) is 0 Å². The zero-order valence-electron chi connectivity index (χ0n) is 16.1. The number of nitrogens with zero attached hydrogens (tertiary/aromatic N) is 2. The third kappa shape index (κ3) is 4.72. The van der Waals surface area contributed by atoms with Crippen LogP contribution in [0.25, 0.3) is 10.9 Å². The van der Waals surface area contributed by atoms with Gasteiger partial charge in [0.1, 0.15) is 0 Å². The first-order valence-corrected chi connectivity index (χ1v) is 10.6. The van der Waals surface area contributed by atoms with E-state index in [9.17, 15) is 10.2 Å². The second kappa shape index (κ2) is 8.74. The van der Waals surface area contributed by atoms with Gasteiger partial charge in [0.05, 0.1) is 12.2 Å². The maximum Gasteiger partial charge on any atom is 0.0845 e. The van der Waals surface area contributed by atoms with Crippen molar-refractivity contribution in [1.29, 1.82) is 0 Å². The predicted molar refractivity (Wildman–Crippen MR) is 109 cm³/mol. The monoisotopic (exact) mass is 371 g/mol. The van der Waals surface area contributed by atoms with Gasteiger partial charge in [-0.05, 0) is 56.3 Å². The summed E-state index contributed by atoms with van der Waals surface area (Å²) in [7, 11) is 0. The van der Waals surface area contributed by atoms with Crippen LogP contribution in [0.1, 0.15) is 38.5 Å². The molecule has 0 unspecified atom stereocenters. The number of likely N-dealkylation sites (tertiary alicyclic amines) is 1. The number of piperidine rings is 1. The summed E-state index contributed by atoms with van der Waals surface area (Å²) in [6.07, 6.45) is 8.17. The van der Waals surface area contributed by atoms with Gasteiger partial charge in [0, 0.05) is 36.9 Å².